The lowest BCUT2D eigenvalue weighted by Crippen LogP contribution is -2.18. The van der Waals surface area contributed by atoms with E-state index in [1.54, 1.807) is 0 Å². The maximum Gasteiger partial charge on any atom is 0.411 e. The number of ether oxygens (including phenoxy) is 1. The molecule has 2 nitrogen and oxygen atoms in total. The molecule has 0 saturated carbocycles. The summed E-state index contributed by atoms with van der Waals surface area (Å²) in [5.74, 6) is 0. The average molecular weight is 194 g/mol. The summed E-state index contributed by atoms with van der Waals surface area (Å²) in [6.07, 6.45) is -3.75. The Balaban J connectivity index is 0. The Kier molecular flexibility index (Phi) is 8.26. The minimum Gasteiger partial charge on any atom is -0.372 e. The standard InChI is InChI=1S/C5H10F3NO.ClH/c6-5(7,8)4-10-3-1-2-9;/h1-4,9H2;1H. The lowest BCUT2D eigenvalue weighted by Gasteiger charge is -2.05. The van der Waals surface area contributed by atoms with Gasteiger partial charge < -0.3 is 10.5 Å². The van der Waals surface area contributed by atoms with E-state index in [-0.39, 0.29) is 19.0 Å². The Morgan fingerprint density at radius 1 is 1.27 bits per heavy atom. The number of rotatable bonds is 4. The van der Waals surface area contributed by atoms with E-state index < -0.39 is 12.8 Å². The van der Waals surface area contributed by atoms with Gasteiger partial charge in [0.2, 0.25) is 0 Å². The summed E-state index contributed by atoms with van der Waals surface area (Å²) in [7, 11) is 0. The van der Waals surface area contributed by atoms with Crippen LogP contribution in [0.15, 0.2) is 0 Å². The van der Waals surface area contributed by atoms with Gasteiger partial charge in [-0.05, 0) is 13.0 Å². The van der Waals surface area contributed by atoms with E-state index in [2.05, 4.69) is 4.74 Å². The molecule has 0 amide bonds. The van der Waals surface area contributed by atoms with Crippen molar-refractivity contribution in [3.8, 4) is 0 Å². The molecule has 0 aliphatic carbocycles. The minimum absolute atomic E-state index is 0. The van der Waals surface area contributed by atoms with E-state index in [1.165, 1.54) is 0 Å². The van der Waals surface area contributed by atoms with Gasteiger partial charge in [-0.15, -0.1) is 12.4 Å². The summed E-state index contributed by atoms with van der Waals surface area (Å²) in [6.45, 7) is -0.735. The van der Waals surface area contributed by atoms with Gasteiger partial charge in [0, 0.05) is 6.61 Å². The van der Waals surface area contributed by atoms with Crippen molar-refractivity contribution in [1.29, 1.82) is 0 Å². The van der Waals surface area contributed by atoms with E-state index in [4.69, 9.17) is 5.73 Å². The second-order valence-electron chi connectivity index (χ2n) is 1.81. The van der Waals surface area contributed by atoms with Gasteiger partial charge in [-0.25, -0.2) is 0 Å². The van der Waals surface area contributed by atoms with Crippen molar-refractivity contribution in [2.45, 2.75) is 12.6 Å². The second kappa shape index (κ2) is 6.69. The van der Waals surface area contributed by atoms with Crippen LogP contribution in [-0.4, -0.2) is 25.9 Å². The Hall–Kier alpha value is -0.0000000000000000555. The predicted octanol–water partition coefficient (Wildman–Crippen LogP) is 1.34. The normalized spacial score (nSPS) is 10.9. The number of hydrogen-bond donors (Lipinski definition) is 1. The second-order valence-corrected chi connectivity index (χ2v) is 1.81. The van der Waals surface area contributed by atoms with Crippen molar-refractivity contribution < 1.29 is 17.9 Å². The molecule has 2 N–H and O–H groups in total. The molecule has 70 valence electrons. The summed E-state index contributed by atoms with van der Waals surface area (Å²) < 4.78 is 38.2. The first kappa shape index (κ1) is 13.6. The molecule has 0 unspecified atom stereocenters. The van der Waals surface area contributed by atoms with Crippen LogP contribution in [0.1, 0.15) is 6.42 Å². The van der Waals surface area contributed by atoms with Gasteiger partial charge in [-0.3, -0.25) is 0 Å². The molecule has 0 radical (unpaired) electrons. The summed E-state index contributed by atoms with van der Waals surface area (Å²) >= 11 is 0. The Labute approximate surface area is 69.3 Å². The molecule has 0 aromatic heterocycles. The predicted molar refractivity (Wildman–Crippen MR) is 37.8 cm³/mol. The van der Waals surface area contributed by atoms with Crippen LogP contribution < -0.4 is 5.73 Å². The third kappa shape index (κ3) is 13.1. The summed E-state index contributed by atoms with van der Waals surface area (Å²) in [4.78, 5) is 0. The fraction of sp³-hybridized carbons (Fsp3) is 1.00. The number of alkyl halides is 3. The van der Waals surface area contributed by atoms with Gasteiger partial charge in [0.15, 0.2) is 0 Å². The van der Waals surface area contributed by atoms with Gasteiger partial charge in [0.05, 0.1) is 0 Å². The van der Waals surface area contributed by atoms with E-state index >= 15 is 0 Å². The SMILES string of the molecule is Cl.NCCCOCC(F)(F)F. The molecule has 0 heterocycles. The van der Waals surface area contributed by atoms with Gasteiger partial charge in [0.25, 0.3) is 0 Å². The van der Waals surface area contributed by atoms with Crippen molar-refractivity contribution in [3.05, 3.63) is 0 Å². The molecule has 6 heteroatoms. The zero-order valence-corrected chi connectivity index (χ0v) is 6.67. The molecular weight excluding hydrogens is 183 g/mol. The van der Waals surface area contributed by atoms with Crippen molar-refractivity contribution in [2.24, 2.45) is 5.73 Å². The first-order valence-electron chi connectivity index (χ1n) is 2.91. The fourth-order valence-corrected chi connectivity index (χ4v) is 0.373. The Bertz CT molecular complexity index is 88.3. The van der Waals surface area contributed by atoms with Gasteiger partial charge in [-0.2, -0.15) is 13.2 Å². The summed E-state index contributed by atoms with van der Waals surface area (Å²) in [5, 5.41) is 0. The topological polar surface area (TPSA) is 35.2 Å². The van der Waals surface area contributed by atoms with Gasteiger partial charge in [-0.1, -0.05) is 0 Å². The Morgan fingerprint density at radius 2 is 1.82 bits per heavy atom. The van der Waals surface area contributed by atoms with Crippen LogP contribution in [0, 0.1) is 0 Å². The van der Waals surface area contributed by atoms with Crippen molar-refractivity contribution >= 4 is 12.4 Å². The quantitative estimate of drug-likeness (QED) is 0.684. The minimum atomic E-state index is -4.21. The zero-order chi connectivity index (χ0) is 8.04. The van der Waals surface area contributed by atoms with Crippen LogP contribution in [0.5, 0.6) is 0 Å². The number of hydrogen-bond acceptors (Lipinski definition) is 2. The molecule has 0 aliphatic rings. The van der Waals surface area contributed by atoms with E-state index in [0.29, 0.717) is 13.0 Å². The molecule has 0 aliphatic heterocycles. The third-order valence-corrected chi connectivity index (χ3v) is 0.759. The van der Waals surface area contributed by atoms with Crippen molar-refractivity contribution in [2.75, 3.05) is 19.8 Å². The highest BCUT2D eigenvalue weighted by Crippen LogP contribution is 2.14. The first-order chi connectivity index (χ1) is 4.56. The maximum atomic E-state index is 11.3. The smallest absolute Gasteiger partial charge is 0.372 e. The molecule has 0 rings (SSSR count). The summed E-state index contributed by atoms with van der Waals surface area (Å²) in [6, 6.07) is 0. The molecule has 0 fully saturated rings. The molecule has 0 bridgehead atoms. The number of halogens is 4. The molecule has 0 atom stereocenters. The van der Waals surface area contributed by atoms with Gasteiger partial charge in [0.1, 0.15) is 6.61 Å². The zero-order valence-electron chi connectivity index (χ0n) is 5.86. The molecule has 0 saturated heterocycles. The van der Waals surface area contributed by atoms with Crippen LogP contribution >= 0.6 is 12.4 Å². The fourth-order valence-electron chi connectivity index (χ4n) is 0.373. The van der Waals surface area contributed by atoms with Crippen LogP contribution in [0.3, 0.4) is 0 Å². The van der Waals surface area contributed by atoms with Crippen LogP contribution in [0.25, 0.3) is 0 Å². The van der Waals surface area contributed by atoms with E-state index in [9.17, 15) is 13.2 Å². The van der Waals surface area contributed by atoms with E-state index in [0.717, 1.165) is 0 Å². The lowest BCUT2D eigenvalue weighted by atomic mass is 10.5. The molecule has 11 heavy (non-hydrogen) atoms. The van der Waals surface area contributed by atoms with Crippen molar-refractivity contribution in [1.82, 2.24) is 0 Å². The largest absolute Gasteiger partial charge is 0.411 e. The maximum absolute atomic E-state index is 11.3. The first-order valence-corrected chi connectivity index (χ1v) is 2.91. The molecule has 0 aromatic rings. The third-order valence-electron chi connectivity index (χ3n) is 0.759. The molecule has 0 aromatic carbocycles. The lowest BCUT2D eigenvalue weighted by molar-refractivity contribution is -0.173. The molecule has 0 spiro atoms. The monoisotopic (exact) mass is 193 g/mol. The van der Waals surface area contributed by atoms with Crippen LogP contribution in [-0.2, 0) is 4.74 Å². The van der Waals surface area contributed by atoms with E-state index in [1.807, 2.05) is 0 Å². The number of nitrogens with two attached hydrogens (primary N) is 1. The average Bonchev–Trinajstić information content (AvgIpc) is 1.78. The highest BCUT2D eigenvalue weighted by atomic mass is 35.5. The highest BCUT2D eigenvalue weighted by Gasteiger charge is 2.26. The van der Waals surface area contributed by atoms with Crippen LogP contribution in [0.4, 0.5) is 13.2 Å². The highest BCUT2D eigenvalue weighted by molar-refractivity contribution is 5.85. The van der Waals surface area contributed by atoms with Gasteiger partial charge >= 0.3 is 6.18 Å². The van der Waals surface area contributed by atoms with Crippen LogP contribution in [0.2, 0.25) is 0 Å². The summed E-state index contributed by atoms with van der Waals surface area (Å²) in [5.41, 5.74) is 5.02. The molecular formula is C5H11ClF3NO. The van der Waals surface area contributed by atoms with Crippen molar-refractivity contribution in [3.63, 3.8) is 0 Å². The Morgan fingerprint density at radius 3 is 2.18 bits per heavy atom.